The summed E-state index contributed by atoms with van der Waals surface area (Å²) < 4.78 is 10.7. The van der Waals surface area contributed by atoms with Crippen LogP contribution >= 0.6 is 11.6 Å². The molecule has 82 valence electrons. The summed E-state index contributed by atoms with van der Waals surface area (Å²) in [5.74, 6) is 0.811. The molecule has 1 aliphatic rings. The van der Waals surface area contributed by atoms with Crippen LogP contribution in [0.5, 0.6) is 5.75 Å². The third kappa shape index (κ3) is 2.43. The summed E-state index contributed by atoms with van der Waals surface area (Å²) in [6.45, 7) is 2.32. The third-order valence-electron chi connectivity index (χ3n) is 2.49. The van der Waals surface area contributed by atoms with Crippen molar-refractivity contribution in [2.45, 2.75) is 6.04 Å². The van der Waals surface area contributed by atoms with Crippen molar-refractivity contribution in [1.29, 1.82) is 0 Å². The molecule has 0 bridgehead atoms. The molecule has 0 aliphatic carbocycles. The maximum Gasteiger partial charge on any atom is 0.125 e. The van der Waals surface area contributed by atoms with Gasteiger partial charge in [0, 0.05) is 17.1 Å². The van der Waals surface area contributed by atoms with Gasteiger partial charge in [-0.25, -0.2) is 0 Å². The fourth-order valence-corrected chi connectivity index (χ4v) is 1.90. The van der Waals surface area contributed by atoms with Gasteiger partial charge in [-0.2, -0.15) is 0 Å². The second-order valence-electron chi connectivity index (χ2n) is 3.47. The Balaban J connectivity index is 2.25. The topological polar surface area (TPSA) is 30.5 Å². The van der Waals surface area contributed by atoms with Gasteiger partial charge in [-0.1, -0.05) is 17.7 Å². The molecule has 0 amide bonds. The molecule has 4 heteroatoms. The molecule has 1 saturated heterocycles. The molecule has 0 aromatic heterocycles. The molecule has 1 aromatic rings. The fourth-order valence-electron chi connectivity index (χ4n) is 1.74. The second kappa shape index (κ2) is 4.84. The first kappa shape index (κ1) is 10.7. The highest BCUT2D eigenvalue weighted by atomic mass is 35.5. The first-order valence-corrected chi connectivity index (χ1v) is 5.33. The molecule has 2 rings (SSSR count). The van der Waals surface area contributed by atoms with E-state index in [1.807, 2.05) is 18.2 Å². The molecule has 1 unspecified atom stereocenters. The Bertz CT molecular complexity index is 337. The van der Waals surface area contributed by atoms with Crippen molar-refractivity contribution in [3.63, 3.8) is 0 Å². The zero-order valence-electron chi connectivity index (χ0n) is 8.63. The highest BCUT2D eigenvalue weighted by molar-refractivity contribution is 6.30. The van der Waals surface area contributed by atoms with Crippen molar-refractivity contribution in [3.8, 4) is 5.75 Å². The Labute approximate surface area is 94.3 Å². The van der Waals surface area contributed by atoms with Gasteiger partial charge in [0.05, 0.1) is 26.4 Å². The van der Waals surface area contributed by atoms with Crippen LogP contribution in [0.4, 0.5) is 0 Å². The van der Waals surface area contributed by atoms with Gasteiger partial charge >= 0.3 is 0 Å². The van der Waals surface area contributed by atoms with Crippen molar-refractivity contribution < 1.29 is 9.47 Å². The van der Waals surface area contributed by atoms with Crippen LogP contribution in [-0.2, 0) is 4.74 Å². The largest absolute Gasteiger partial charge is 0.496 e. The number of morpholine rings is 1. The van der Waals surface area contributed by atoms with Gasteiger partial charge < -0.3 is 14.8 Å². The number of methoxy groups -OCH3 is 1. The lowest BCUT2D eigenvalue weighted by Gasteiger charge is -2.25. The predicted molar refractivity (Wildman–Crippen MR) is 59.6 cm³/mol. The van der Waals surface area contributed by atoms with Crippen LogP contribution in [-0.4, -0.2) is 26.9 Å². The number of hydrogen-bond donors (Lipinski definition) is 1. The van der Waals surface area contributed by atoms with E-state index in [9.17, 15) is 0 Å². The van der Waals surface area contributed by atoms with Crippen LogP contribution in [0, 0.1) is 0 Å². The molecule has 1 aliphatic heterocycles. The zero-order valence-corrected chi connectivity index (χ0v) is 9.38. The minimum Gasteiger partial charge on any atom is -0.496 e. The number of rotatable bonds is 2. The van der Waals surface area contributed by atoms with E-state index in [0.29, 0.717) is 11.6 Å². The Morgan fingerprint density at radius 2 is 2.40 bits per heavy atom. The molecular weight excluding hydrogens is 214 g/mol. The van der Waals surface area contributed by atoms with Gasteiger partial charge in [0.1, 0.15) is 5.75 Å². The normalized spacial score (nSPS) is 21.3. The van der Waals surface area contributed by atoms with Crippen molar-refractivity contribution in [1.82, 2.24) is 5.32 Å². The third-order valence-corrected chi connectivity index (χ3v) is 2.73. The molecule has 1 fully saturated rings. The van der Waals surface area contributed by atoms with Gasteiger partial charge in [-0.3, -0.25) is 0 Å². The monoisotopic (exact) mass is 227 g/mol. The quantitative estimate of drug-likeness (QED) is 0.839. The first-order valence-electron chi connectivity index (χ1n) is 4.96. The van der Waals surface area contributed by atoms with Crippen LogP contribution in [0.25, 0.3) is 0 Å². The van der Waals surface area contributed by atoms with Gasteiger partial charge in [-0.05, 0) is 12.1 Å². The summed E-state index contributed by atoms with van der Waals surface area (Å²) in [4.78, 5) is 0. The Kier molecular flexibility index (Phi) is 3.46. The van der Waals surface area contributed by atoms with E-state index in [-0.39, 0.29) is 6.04 Å². The molecule has 1 atom stereocenters. The van der Waals surface area contributed by atoms with Crippen molar-refractivity contribution in [2.75, 3.05) is 26.9 Å². The molecule has 0 saturated carbocycles. The van der Waals surface area contributed by atoms with Crippen molar-refractivity contribution in [3.05, 3.63) is 28.8 Å². The van der Waals surface area contributed by atoms with Crippen molar-refractivity contribution >= 4 is 11.6 Å². The summed E-state index contributed by atoms with van der Waals surface area (Å²) in [5.41, 5.74) is 1.10. The van der Waals surface area contributed by atoms with Crippen LogP contribution in [0.15, 0.2) is 18.2 Å². The number of benzene rings is 1. The molecule has 1 aromatic carbocycles. The van der Waals surface area contributed by atoms with E-state index in [4.69, 9.17) is 21.1 Å². The van der Waals surface area contributed by atoms with E-state index in [2.05, 4.69) is 5.32 Å². The Morgan fingerprint density at radius 3 is 3.07 bits per heavy atom. The SMILES string of the molecule is COc1cc(Cl)ccc1C1COCCN1. The number of ether oxygens (including phenoxy) is 2. The van der Waals surface area contributed by atoms with E-state index >= 15 is 0 Å². The lowest BCUT2D eigenvalue weighted by Crippen LogP contribution is -2.34. The summed E-state index contributed by atoms with van der Waals surface area (Å²) >= 11 is 5.90. The molecular formula is C11H14ClNO2. The van der Waals surface area contributed by atoms with E-state index in [1.54, 1.807) is 7.11 Å². The minimum absolute atomic E-state index is 0.200. The molecule has 1 heterocycles. The highest BCUT2D eigenvalue weighted by Crippen LogP contribution is 2.29. The maximum atomic E-state index is 5.90. The number of hydrogen-bond acceptors (Lipinski definition) is 3. The minimum atomic E-state index is 0.200. The lowest BCUT2D eigenvalue weighted by atomic mass is 10.1. The van der Waals surface area contributed by atoms with Gasteiger partial charge in [0.15, 0.2) is 0 Å². The van der Waals surface area contributed by atoms with E-state index < -0.39 is 0 Å². The summed E-state index contributed by atoms with van der Waals surface area (Å²) in [6, 6.07) is 5.88. The van der Waals surface area contributed by atoms with Crippen molar-refractivity contribution in [2.24, 2.45) is 0 Å². The summed E-state index contributed by atoms with van der Waals surface area (Å²) in [5, 5.41) is 4.07. The van der Waals surface area contributed by atoms with E-state index in [1.165, 1.54) is 0 Å². The first-order chi connectivity index (χ1) is 7.31. The summed E-state index contributed by atoms with van der Waals surface area (Å²) in [7, 11) is 1.65. The molecule has 15 heavy (non-hydrogen) atoms. The highest BCUT2D eigenvalue weighted by Gasteiger charge is 2.18. The average Bonchev–Trinajstić information content (AvgIpc) is 2.30. The smallest absolute Gasteiger partial charge is 0.125 e. The van der Waals surface area contributed by atoms with Gasteiger partial charge in [0.25, 0.3) is 0 Å². The second-order valence-corrected chi connectivity index (χ2v) is 3.90. The average molecular weight is 228 g/mol. The number of halogens is 1. The van der Waals surface area contributed by atoms with Crippen LogP contribution < -0.4 is 10.1 Å². The fraction of sp³-hybridized carbons (Fsp3) is 0.455. The predicted octanol–water partition coefficient (Wildman–Crippen LogP) is 2.01. The van der Waals surface area contributed by atoms with Crippen LogP contribution in [0.2, 0.25) is 5.02 Å². The van der Waals surface area contributed by atoms with E-state index in [0.717, 1.165) is 24.5 Å². The van der Waals surface area contributed by atoms with Crippen LogP contribution in [0.3, 0.4) is 0 Å². The molecule has 3 nitrogen and oxygen atoms in total. The zero-order chi connectivity index (χ0) is 10.7. The lowest BCUT2D eigenvalue weighted by molar-refractivity contribution is 0.0760. The Hall–Kier alpha value is -0.770. The molecule has 1 N–H and O–H groups in total. The summed E-state index contributed by atoms with van der Waals surface area (Å²) in [6.07, 6.45) is 0. The Morgan fingerprint density at radius 1 is 1.53 bits per heavy atom. The molecule has 0 radical (unpaired) electrons. The standard InChI is InChI=1S/C11H14ClNO2/c1-14-11-6-8(12)2-3-9(11)10-7-15-5-4-13-10/h2-3,6,10,13H,4-5,7H2,1H3. The number of nitrogens with one attached hydrogen (secondary N) is 1. The molecule has 0 spiro atoms. The van der Waals surface area contributed by atoms with Gasteiger partial charge in [0.2, 0.25) is 0 Å². The van der Waals surface area contributed by atoms with Crippen LogP contribution in [0.1, 0.15) is 11.6 Å². The van der Waals surface area contributed by atoms with Gasteiger partial charge in [-0.15, -0.1) is 0 Å². The maximum absolute atomic E-state index is 5.90.